The Morgan fingerprint density at radius 3 is 1.76 bits per heavy atom. The molecule has 0 aliphatic carbocycles. The van der Waals surface area contributed by atoms with Crippen LogP contribution in [0, 0.1) is 0 Å². The number of carbonyl (C=O) groups is 2. The number of hydrogen-bond donors (Lipinski definition) is 5. The van der Waals surface area contributed by atoms with Crippen LogP contribution in [0.2, 0.25) is 0 Å². The van der Waals surface area contributed by atoms with Gasteiger partial charge in [0.15, 0.2) is 6.04 Å². The van der Waals surface area contributed by atoms with Gasteiger partial charge in [0, 0.05) is 6.42 Å². The number of rotatable bonds is 23. The lowest BCUT2D eigenvalue weighted by molar-refractivity contribution is -0.142. The number of unbranched alkanes of at least 4 members (excludes halogenated alkanes) is 12. The van der Waals surface area contributed by atoms with Crippen molar-refractivity contribution in [2.24, 2.45) is 0 Å². The van der Waals surface area contributed by atoms with Crippen molar-refractivity contribution in [3.05, 3.63) is 0 Å². The molecule has 0 aliphatic rings. The number of carboxylic acid groups (broad SMARTS) is 1. The van der Waals surface area contributed by atoms with E-state index in [1.807, 2.05) is 0 Å². The van der Waals surface area contributed by atoms with Gasteiger partial charge >= 0.3 is 13.8 Å². The van der Waals surface area contributed by atoms with E-state index in [4.69, 9.17) is 10.2 Å². The lowest BCUT2D eigenvalue weighted by Gasteiger charge is -2.18. The summed E-state index contributed by atoms with van der Waals surface area (Å²) in [5, 5.41) is 29.2. The third-order valence-electron chi connectivity index (χ3n) is 5.19. The van der Waals surface area contributed by atoms with E-state index in [9.17, 15) is 24.2 Å². The van der Waals surface area contributed by atoms with Crippen LogP contribution in [0.25, 0.3) is 0 Å². The average Bonchev–Trinajstić information content (AvgIpc) is 2.77. The summed E-state index contributed by atoms with van der Waals surface area (Å²) in [6.07, 6.45) is 14.1. The van der Waals surface area contributed by atoms with E-state index < -0.39 is 51.7 Å². The first kappa shape index (κ1) is 32.0. The Bertz CT molecular complexity index is 562. The van der Waals surface area contributed by atoms with Crippen molar-refractivity contribution in [2.75, 3.05) is 19.8 Å². The Kier molecular flexibility index (Phi) is 19.7. The predicted octanol–water partition coefficient (Wildman–Crippen LogP) is 3.52. The van der Waals surface area contributed by atoms with Crippen molar-refractivity contribution in [1.82, 2.24) is 5.32 Å². The molecule has 0 aromatic rings. The number of phosphoric acid groups is 1. The van der Waals surface area contributed by atoms with Gasteiger partial charge in [0.05, 0.1) is 19.8 Å². The quantitative estimate of drug-likeness (QED) is 0.105. The zero-order chi connectivity index (χ0) is 25.0. The Balaban J connectivity index is 3.86. The highest BCUT2D eigenvalue weighted by molar-refractivity contribution is 7.47. The Morgan fingerprint density at radius 2 is 1.30 bits per heavy atom. The van der Waals surface area contributed by atoms with E-state index in [-0.39, 0.29) is 6.42 Å². The van der Waals surface area contributed by atoms with E-state index >= 15 is 0 Å². The molecule has 0 saturated carbocycles. The van der Waals surface area contributed by atoms with Crippen molar-refractivity contribution in [3.8, 4) is 0 Å². The smallest absolute Gasteiger partial charge is 0.472 e. The van der Waals surface area contributed by atoms with Crippen LogP contribution >= 0.6 is 7.82 Å². The van der Waals surface area contributed by atoms with Gasteiger partial charge in [-0.15, -0.1) is 0 Å². The molecule has 3 unspecified atom stereocenters. The molecule has 10 nitrogen and oxygen atoms in total. The number of amides is 1. The maximum Gasteiger partial charge on any atom is 0.472 e. The lowest BCUT2D eigenvalue weighted by atomic mass is 10.0. The van der Waals surface area contributed by atoms with E-state index in [2.05, 4.69) is 21.3 Å². The number of hydrogen-bond acceptors (Lipinski definition) is 7. The van der Waals surface area contributed by atoms with Crippen LogP contribution < -0.4 is 5.32 Å². The molecule has 0 aromatic carbocycles. The molecule has 0 bridgehead atoms. The fraction of sp³-hybridized carbons (Fsp3) is 0.909. The van der Waals surface area contributed by atoms with Crippen molar-refractivity contribution >= 4 is 19.7 Å². The highest BCUT2D eigenvalue weighted by Crippen LogP contribution is 2.43. The summed E-state index contributed by atoms with van der Waals surface area (Å²) in [6.45, 7) is 0.114. The van der Waals surface area contributed by atoms with Crippen LogP contribution in [0.5, 0.6) is 0 Å². The molecule has 1 amide bonds. The van der Waals surface area contributed by atoms with Gasteiger partial charge in [-0.1, -0.05) is 84.0 Å². The second-order valence-corrected chi connectivity index (χ2v) is 9.80. The third kappa shape index (κ3) is 20.1. The highest BCUT2D eigenvalue weighted by Gasteiger charge is 2.28. The number of phosphoric ester groups is 1. The van der Waals surface area contributed by atoms with E-state index in [1.165, 1.54) is 57.8 Å². The van der Waals surface area contributed by atoms with Gasteiger partial charge in [0.1, 0.15) is 6.10 Å². The summed E-state index contributed by atoms with van der Waals surface area (Å²) in [7, 11) is -4.63. The number of aliphatic carboxylic acids is 1. The van der Waals surface area contributed by atoms with E-state index in [1.54, 1.807) is 0 Å². The first-order chi connectivity index (χ1) is 15.7. The average molecular weight is 498 g/mol. The molecule has 3 atom stereocenters. The molecule has 0 radical (unpaired) electrons. The Labute approximate surface area is 197 Å². The molecule has 33 heavy (non-hydrogen) atoms. The zero-order valence-electron chi connectivity index (χ0n) is 20.0. The van der Waals surface area contributed by atoms with Crippen LogP contribution in [0.3, 0.4) is 0 Å². The molecule has 0 saturated heterocycles. The molecule has 0 fully saturated rings. The molecular formula is C22H44NO9P. The largest absolute Gasteiger partial charge is 0.480 e. The van der Waals surface area contributed by atoms with Crippen molar-refractivity contribution in [3.63, 3.8) is 0 Å². The number of aliphatic hydroxyl groups excluding tert-OH is 2. The number of carbonyl (C=O) groups excluding carboxylic acids is 1. The summed E-state index contributed by atoms with van der Waals surface area (Å²) >= 11 is 0. The molecule has 5 N–H and O–H groups in total. The highest BCUT2D eigenvalue weighted by atomic mass is 31.2. The van der Waals surface area contributed by atoms with E-state index in [0.29, 0.717) is 6.42 Å². The summed E-state index contributed by atoms with van der Waals surface area (Å²) < 4.78 is 20.7. The Morgan fingerprint density at radius 1 is 0.848 bits per heavy atom. The molecule has 0 aliphatic heterocycles. The van der Waals surface area contributed by atoms with Gasteiger partial charge in [-0.2, -0.15) is 0 Å². The maximum absolute atomic E-state index is 12.0. The summed E-state index contributed by atoms with van der Waals surface area (Å²) in [5.74, 6) is -1.89. The standard InChI is InChI=1S/C22H44NO9P/c1-2-3-4-5-6-7-8-9-10-11-12-13-14-15-21(26)23-20(22(27)28)18-32-33(29,30)31-17-19(25)16-24/h19-20,24-25H,2-18H2,1H3,(H,23,26)(H,27,28)(H,29,30). The normalized spacial score (nSPS) is 15.0. The zero-order valence-corrected chi connectivity index (χ0v) is 20.8. The van der Waals surface area contributed by atoms with Gasteiger partial charge in [-0.25, -0.2) is 9.36 Å². The molecule has 0 spiro atoms. The minimum atomic E-state index is -4.63. The van der Waals surface area contributed by atoms with Gasteiger partial charge in [-0.3, -0.25) is 13.8 Å². The molecule has 196 valence electrons. The van der Waals surface area contributed by atoms with Crippen molar-refractivity contribution < 1.29 is 43.4 Å². The number of aliphatic hydroxyl groups is 2. The maximum atomic E-state index is 12.0. The van der Waals surface area contributed by atoms with E-state index in [0.717, 1.165) is 19.3 Å². The van der Waals surface area contributed by atoms with Gasteiger partial charge in [0.2, 0.25) is 5.91 Å². The monoisotopic (exact) mass is 497 g/mol. The third-order valence-corrected chi connectivity index (χ3v) is 6.14. The van der Waals surface area contributed by atoms with Crippen LogP contribution in [-0.4, -0.2) is 64.1 Å². The van der Waals surface area contributed by atoms with Crippen LogP contribution in [0.15, 0.2) is 0 Å². The predicted molar refractivity (Wildman–Crippen MR) is 125 cm³/mol. The summed E-state index contributed by atoms with van der Waals surface area (Å²) in [5.41, 5.74) is 0. The summed E-state index contributed by atoms with van der Waals surface area (Å²) in [4.78, 5) is 32.7. The molecule has 11 heteroatoms. The van der Waals surface area contributed by atoms with Gasteiger partial charge < -0.3 is 25.5 Å². The van der Waals surface area contributed by atoms with Crippen LogP contribution in [-0.2, 0) is 23.2 Å². The number of nitrogens with one attached hydrogen (secondary N) is 1. The van der Waals surface area contributed by atoms with Crippen molar-refractivity contribution in [2.45, 2.75) is 109 Å². The SMILES string of the molecule is CCCCCCCCCCCCCCCC(=O)NC(COP(=O)(O)OCC(O)CO)C(=O)O. The van der Waals surface area contributed by atoms with Crippen LogP contribution in [0.4, 0.5) is 0 Å². The molecule has 0 heterocycles. The van der Waals surface area contributed by atoms with Gasteiger partial charge in [0.25, 0.3) is 0 Å². The first-order valence-electron chi connectivity index (χ1n) is 12.1. The topological polar surface area (TPSA) is 163 Å². The minimum absolute atomic E-state index is 0.164. The number of carboxylic acids is 1. The molecular weight excluding hydrogens is 453 g/mol. The van der Waals surface area contributed by atoms with Crippen LogP contribution in [0.1, 0.15) is 96.8 Å². The first-order valence-corrected chi connectivity index (χ1v) is 13.6. The van der Waals surface area contributed by atoms with Crippen molar-refractivity contribution in [1.29, 1.82) is 0 Å². The second-order valence-electron chi connectivity index (χ2n) is 8.35. The summed E-state index contributed by atoms with van der Waals surface area (Å²) in [6, 6.07) is -1.51. The molecule has 0 aromatic heterocycles. The minimum Gasteiger partial charge on any atom is -0.480 e. The molecule has 0 rings (SSSR count). The Hall–Kier alpha value is -1.03. The fourth-order valence-corrected chi connectivity index (χ4v) is 3.96. The fourth-order valence-electron chi connectivity index (χ4n) is 3.18. The lowest BCUT2D eigenvalue weighted by Crippen LogP contribution is -2.43. The van der Waals surface area contributed by atoms with Gasteiger partial charge in [-0.05, 0) is 6.42 Å². The second kappa shape index (κ2) is 20.4.